The van der Waals surface area contributed by atoms with Crippen molar-refractivity contribution in [3.05, 3.63) is 58.6 Å². The molecule has 4 N–H and O–H groups in total. The third kappa shape index (κ3) is 5.61. The van der Waals surface area contributed by atoms with Gasteiger partial charge < -0.3 is 5.32 Å². The molecule has 0 heterocycles. The minimum atomic E-state index is -4.06. The maximum Gasteiger partial charge on any atom is 0.271 e. The van der Waals surface area contributed by atoms with Gasteiger partial charge in [-0.3, -0.25) is 9.59 Å². The van der Waals surface area contributed by atoms with E-state index in [0.717, 1.165) is 6.07 Å². The number of hydrogen-bond acceptors (Lipinski definition) is 5. The van der Waals surface area contributed by atoms with Crippen molar-refractivity contribution in [2.75, 3.05) is 5.32 Å². The molecule has 2 aromatic carbocycles. The number of primary sulfonamides is 1. The fourth-order valence-electron chi connectivity index (χ4n) is 2.15. The SMILES string of the molecule is CC(=O)Nc1cccc(/C(C)=N\NC(=O)c2ccc(Cl)c(S(N)(=O)=O)c2)c1. The number of nitrogens with two attached hydrogens (primary N) is 1. The van der Waals surface area contributed by atoms with Gasteiger partial charge in [-0.2, -0.15) is 5.10 Å². The predicted molar refractivity (Wildman–Crippen MR) is 103 cm³/mol. The average molecular weight is 409 g/mol. The van der Waals surface area contributed by atoms with Crippen LogP contribution in [0.2, 0.25) is 5.02 Å². The van der Waals surface area contributed by atoms with Crippen LogP contribution in [0.15, 0.2) is 52.5 Å². The zero-order valence-corrected chi connectivity index (χ0v) is 16.1. The van der Waals surface area contributed by atoms with E-state index in [1.165, 1.54) is 19.1 Å². The van der Waals surface area contributed by atoms with Gasteiger partial charge in [-0.15, -0.1) is 0 Å². The maximum atomic E-state index is 12.2. The number of amides is 2. The van der Waals surface area contributed by atoms with Crippen LogP contribution in [-0.4, -0.2) is 25.9 Å². The summed E-state index contributed by atoms with van der Waals surface area (Å²) in [5, 5.41) is 11.6. The number of hydrazone groups is 1. The molecule has 0 bridgehead atoms. The number of nitrogens with one attached hydrogen (secondary N) is 2. The lowest BCUT2D eigenvalue weighted by atomic mass is 10.1. The van der Waals surface area contributed by atoms with Crippen molar-refractivity contribution < 1.29 is 18.0 Å². The standard InChI is InChI=1S/C17H17ClN4O4S/c1-10(12-4-3-5-14(8-12)20-11(2)23)21-22-17(24)13-6-7-15(18)16(9-13)27(19,25)26/h3-9H,1-2H3,(H,20,23)(H,22,24)(H2,19,25,26)/b21-10-. The lowest BCUT2D eigenvalue weighted by Crippen LogP contribution is -2.20. The third-order valence-electron chi connectivity index (χ3n) is 3.43. The summed E-state index contributed by atoms with van der Waals surface area (Å²) in [4.78, 5) is 23.0. The molecule has 0 aliphatic rings. The van der Waals surface area contributed by atoms with Crippen LogP contribution >= 0.6 is 11.6 Å². The molecule has 0 aromatic heterocycles. The Kier molecular flexibility index (Phi) is 6.32. The summed E-state index contributed by atoms with van der Waals surface area (Å²) in [7, 11) is -4.06. The number of carbonyl (C=O) groups is 2. The summed E-state index contributed by atoms with van der Waals surface area (Å²) in [5.41, 5.74) is 4.13. The lowest BCUT2D eigenvalue weighted by Gasteiger charge is -2.07. The van der Waals surface area contributed by atoms with E-state index in [4.69, 9.17) is 16.7 Å². The second kappa shape index (κ2) is 8.30. The summed E-state index contributed by atoms with van der Waals surface area (Å²) in [6.07, 6.45) is 0. The zero-order chi connectivity index (χ0) is 20.2. The molecule has 0 radical (unpaired) electrons. The molecule has 0 saturated heterocycles. The molecule has 8 nitrogen and oxygen atoms in total. The molecule has 0 saturated carbocycles. The number of nitrogens with zero attached hydrogens (tertiary/aromatic N) is 1. The van der Waals surface area contributed by atoms with Crippen molar-refractivity contribution in [3.8, 4) is 0 Å². The quantitative estimate of drug-likeness (QED) is 0.516. The van der Waals surface area contributed by atoms with Gasteiger partial charge in [0.1, 0.15) is 4.90 Å². The van der Waals surface area contributed by atoms with Gasteiger partial charge in [0.2, 0.25) is 15.9 Å². The van der Waals surface area contributed by atoms with Crippen molar-refractivity contribution in [1.82, 2.24) is 5.43 Å². The Labute approximate surface area is 161 Å². The topological polar surface area (TPSA) is 131 Å². The van der Waals surface area contributed by atoms with Crippen molar-refractivity contribution in [1.29, 1.82) is 0 Å². The summed E-state index contributed by atoms with van der Waals surface area (Å²) < 4.78 is 23.0. The molecule has 0 fully saturated rings. The van der Waals surface area contributed by atoms with Crippen molar-refractivity contribution >= 4 is 44.8 Å². The van der Waals surface area contributed by atoms with E-state index in [-0.39, 0.29) is 21.4 Å². The van der Waals surface area contributed by atoms with Crippen molar-refractivity contribution in [3.63, 3.8) is 0 Å². The average Bonchev–Trinajstić information content (AvgIpc) is 2.58. The van der Waals surface area contributed by atoms with Gasteiger partial charge in [0.15, 0.2) is 0 Å². The Morgan fingerprint density at radius 1 is 1.07 bits per heavy atom. The first-order chi connectivity index (χ1) is 12.6. The van der Waals surface area contributed by atoms with E-state index in [2.05, 4.69) is 15.8 Å². The lowest BCUT2D eigenvalue weighted by molar-refractivity contribution is -0.114. The minimum Gasteiger partial charge on any atom is -0.326 e. The molecule has 2 aromatic rings. The largest absolute Gasteiger partial charge is 0.326 e. The molecule has 2 rings (SSSR count). The highest BCUT2D eigenvalue weighted by molar-refractivity contribution is 7.89. The highest BCUT2D eigenvalue weighted by Gasteiger charge is 2.16. The molecule has 0 aliphatic heterocycles. The Hall–Kier alpha value is -2.75. The fraction of sp³-hybridized carbons (Fsp3) is 0.118. The zero-order valence-electron chi connectivity index (χ0n) is 14.5. The van der Waals surface area contributed by atoms with Crippen LogP contribution in [-0.2, 0) is 14.8 Å². The van der Waals surface area contributed by atoms with E-state index in [0.29, 0.717) is 17.0 Å². The summed E-state index contributed by atoms with van der Waals surface area (Å²) in [6.45, 7) is 3.07. The molecule has 0 unspecified atom stereocenters. The molecule has 0 atom stereocenters. The molecule has 142 valence electrons. The summed E-state index contributed by atoms with van der Waals surface area (Å²) in [5.74, 6) is -0.836. The van der Waals surface area contributed by atoms with Crippen molar-refractivity contribution in [2.24, 2.45) is 10.2 Å². The predicted octanol–water partition coefficient (Wildman–Crippen LogP) is 2.10. The summed E-state index contributed by atoms with van der Waals surface area (Å²) >= 11 is 5.80. The number of anilines is 1. The molecule has 0 spiro atoms. The van der Waals surface area contributed by atoms with Crippen LogP contribution in [0.3, 0.4) is 0 Å². The van der Waals surface area contributed by atoms with Crippen LogP contribution in [0.5, 0.6) is 0 Å². The third-order valence-corrected chi connectivity index (χ3v) is 4.82. The second-order valence-corrected chi connectivity index (χ2v) is 7.53. The van der Waals surface area contributed by atoms with E-state index in [1.54, 1.807) is 31.2 Å². The molecule has 27 heavy (non-hydrogen) atoms. The van der Waals surface area contributed by atoms with E-state index in [1.807, 2.05) is 0 Å². The monoisotopic (exact) mass is 408 g/mol. The van der Waals surface area contributed by atoms with Gasteiger partial charge in [0, 0.05) is 18.2 Å². The fourth-order valence-corrected chi connectivity index (χ4v) is 3.22. The van der Waals surface area contributed by atoms with Crippen molar-refractivity contribution in [2.45, 2.75) is 18.7 Å². The highest BCUT2D eigenvalue weighted by atomic mass is 35.5. The van der Waals surface area contributed by atoms with Gasteiger partial charge in [-0.25, -0.2) is 19.0 Å². The van der Waals surface area contributed by atoms with E-state index < -0.39 is 15.9 Å². The van der Waals surface area contributed by atoms with Crippen LogP contribution in [0.4, 0.5) is 5.69 Å². The number of hydrogen-bond donors (Lipinski definition) is 3. The first-order valence-electron chi connectivity index (χ1n) is 7.63. The Bertz CT molecular complexity index is 1030. The van der Waals surface area contributed by atoms with E-state index >= 15 is 0 Å². The number of benzene rings is 2. The molecular formula is C17H17ClN4O4S. The van der Waals surface area contributed by atoms with E-state index in [9.17, 15) is 18.0 Å². The van der Waals surface area contributed by atoms with Crippen LogP contribution in [0.1, 0.15) is 29.8 Å². The van der Waals surface area contributed by atoms with Gasteiger partial charge in [-0.05, 0) is 42.8 Å². The Morgan fingerprint density at radius 2 is 1.78 bits per heavy atom. The highest BCUT2D eigenvalue weighted by Crippen LogP contribution is 2.21. The van der Waals surface area contributed by atoms with Gasteiger partial charge in [-0.1, -0.05) is 23.7 Å². The van der Waals surface area contributed by atoms with Crippen LogP contribution in [0.25, 0.3) is 0 Å². The molecule has 2 amide bonds. The summed E-state index contributed by atoms with van der Waals surface area (Å²) in [6, 6.07) is 10.6. The maximum absolute atomic E-state index is 12.2. The Balaban J connectivity index is 2.20. The number of rotatable bonds is 5. The minimum absolute atomic E-state index is 0.0342. The smallest absolute Gasteiger partial charge is 0.271 e. The number of carbonyl (C=O) groups excluding carboxylic acids is 2. The first-order valence-corrected chi connectivity index (χ1v) is 9.55. The van der Waals surface area contributed by atoms with Gasteiger partial charge in [0.25, 0.3) is 5.91 Å². The van der Waals surface area contributed by atoms with Gasteiger partial charge >= 0.3 is 0 Å². The van der Waals surface area contributed by atoms with Crippen LogP contribution < -0.4 is 15.9 Å². The number of halogens is 1. The second-order valence-electron chi connectivity index (χ2n) is 5.59. The molecule has 0 aliphatic carbocycles. The number of sulfonamides is 1. The van der Waals surface area contributed by atoms with Gasteiger partial charge in [0.05, 0.1) is 10.7 Å². The molecular weight excluding hydrogens is 392 g/mol. The Morgan fingerprint density at radius 3 is 2.41 bits per heavy atom. The first kappa shape index (κ1) is 20.6. The van der Waals surface area contributed by atoms with Crippen LogP contribution in [0, 0.1) is 0 Å². The normalized spacial score (nSPS) is 11.8. The molecule has 10 heteroatoms.